The summed E-state index contributed by atoms with van der Waals surface area (Å²) in [5.41, 5.74) is 3.03. The van der Waals surface area contributed by atoms with Gasteiger partial charge in [0.1, 0.15) is 12.4 Å². The van der Waals surface area contributed by atoms with Crippen molar-refractivity contribution in [1.82, 2.24) is 15.4 Å². The van der Waals surface area contributed by atoms with Gasteiger partial charge in [-0.15, -0.1) is 0 Å². The Kier molecular flexibility index (Phi) is 5.16. The van der Waals surface area contributed by atoms with Crippen molar-refractivity contribution in [2.24, 2.45) is 0 Å². The number of carbonyl (C=O) groups is 1. The van der Waals surface area contributed by atoms with Gasteiger partial charge in [-0.2, -0.15) is 0 Å². The van der Waals surface area contributed by atoms with Gasteiger partial charge in [0.25, 0.3) is 5.91 Å². The molecule has 1 amide bonds. The van der Waals surface area contributed by atoms with Crippen LogP contribution < -0.4 is 10.1 Å². The number of nitrogens with zero attached hydrogens (tertiary/aromatic N) is 2. The Morgan fingerprint density at radius 2 is 2.11 bits per heavy atom. The Bertz CT molecular complexity index is 824. The lowest BCUT2D eigenvalue weighted by Gasteiger charge is -2.31. The zero-order valence-corrected chi connectivity index (χ0v) is 16.1. The van der Waals surface area contributed by atoms with Crippen LogP contribution in [0.5, 0.6) is 5.75 Å². The minimum atomic E-state index is -0.197. The molecule has 2 heterocycles. The summed E-state index contributed by atoms with van der Waals surface area (Å²) in [5.74, 6) is 1.21. The van der Waals surface area contributed by atoms with Crippen LogP contribution in [0, 0.1) is 6.92 Å². The van der Waals surface area contributed by atoms with Crippen molar-refractivity contribution in [3.63, 3.8) is 0 Å². The summed E-state index contributed by atoms with van der Waals surface area (Å²) in [7, 11) is 2.15. The van der Waals surface area contributed by atoms with E-state index in [9.17, 15) is 4.79 Å². The number of nitrogens with one attached hydrogen (secondary N) is 1. The number of hydrogen-bond acceptors (Lipinski definition) is 5. The van der Waals surface area contributed by atoms with Crippen LogP contribution in [0.15, 0.2) is 22.7 Å². The van der Waals surface area contributed by atoms with Crippen LogP contribution >= 0.6 is 0 Å². The van der Waals surface area contributed by atoms with E-state index < -0.39 is 0 Å². The van der Waals surface area contributed by atoms with E-state index in [1.165, 1.54) is 32.1 Å². The van der Waals surface area contributed by atoms with Crippen molar-refractivity contribution >= 4 is 5.91 Å². The first kappa shape index (κ1) is 18.0. The number of hydrogen-bond donors (Lipinski definition) is 1. The van der Waals surface area contributed by atoms with Crippen molar-refractivity contribution in [3.8, 4) is 17.1 Å². The number of rotatable bonds is 5. The maximum atomic E-state index is 12.6. The fourth-order valence-electron chi connectivity index (χ4n) is 4.06. The second-order valence-electron chi connectivity index (χ2n) is 7.66. The Hall–Kier alpha value is -2.34. The number of benzene rings is 1. The highest BCUT2D eigenvalue weighted by Gasteiger charge is 2.29. The van der Waals surface area contributed by atoms with E-state index >= 15 is 0 Å². The van der Waals surface area contributed by atoms with Gasteiger partial charge in [-0.1, -0.05) is 36.0 Å². The lowest BCUT2D eigenvalue weighted by Crippen LogP contribution is -2.39. The summed E-state index contributed by atoms with van der Waals surface area (Å²) in [4.78, 5) is 15.0. The van der Waals surface area contributed by atoms with Gasteiger partial charge in [0, 0.05) is 19.1 Å². The highest BCUT2D eigenvalue weighted by atomic mass is 16.5. The van der Waals surface area contributed by atoms with Gasteiger partial charge in [-0.3, -0.25) is 4.79 Å². The fourth-order valence-corrected chi connectivity index (χ4v) is 4.06. The van der Waals surface area contributed by atoms with E-state index in [2.05, 4.69) is 22.4 Å². The van der Waals surface area contributed by atoms with E-state index in [1.807, 2.05) is 25.1 Å². The fraction of sp³-hybridized carbons (Fsp3) is 0.524. The largest absolute Gasteiger partial charge is 0.488 e. The average Bonchev–Trinajstić information content (AvgIpc) is 3.13. The Labute approximate surface area is 159 Å². The number of aromatic nitrogens is 1. The smallest absolute Gasteiger partial charge is 0.273 e. The van der Waals surface area contributed by atoms with E-state index in [0.717, 1.165) is 29.0 Å². The van der Waals surface area contributed by atoms with Gasteiger partial charge >= 0.3 is 0 Å². The number of aryl methyl sites for hydroxylation is 1. The molecule has 1 aromatic carbocycles. The molecular formula is C21H27N3O3. The molecule has 1 N–H and O–H groups in total. The maximum Gasteiger partial charge on any atom is 0.273 e. The van der Waals surface area contributed by atoms with Crippen LogP contribution in [0.4, 0.5) is 0 Å². The minimum absolute atomic E-state index is 0.197. The molecule has 0 atom stereocenters. The van der Waals surface area contributed by atoms with Gasteiger partial charge in [0.2, 0.25) is 0 Å². The van der Waals surface area contributed by atoms with Crippen molar-refractivity contribution in [1.29, 1.82) is 0 Å². The SMILES string of the molecule is Cc1ccc2c(c1)-c1onc(C(=O)NCCN(C)C3CCCCC3)c1CO2. The molecule has 2 aliphatic rings. The molecule has 0 spiro atoms. The normalized spacial score (nSPS) is 16.6. The van der Waals surface area contributed by atoms with Gasteiger partial charge in [0.05, 0.1) is 11.1 Å². The van der Waals surface area contributed by atoms with Gasteiger partial charge in [0.15, 0.2) is 11.5 Å². The molecule has 0 radical (unpaired) electrons. The molecule has 1 aliphatic heterocycles. The predicted molar refractivity (Wildman–Crippen MR) is 103 cm³/mol. The lowest BCUT2D eigenvalue weighted by molar-refractivity contribution is 0.0933. The molecule has 0 unspecified atom stereocenters. The quantitative estimate of drug-likeness (QED) is 0.873. The summed E-state index contributed by atoms with van der Waals surface area (Å²) in [6.45, 7) is 3.76. The molecule has 1 aliphatic carbocycles. The van der Waals surface area contributed by atoms with Crippen molar-refractivity contribution in [2.45, 2.75) is 51.7 Å². The third-order valence-electron chi connectivity index (χ3n) is 5.70. The van der Waals surface area contributed by atoms with E-state index in [-0.39, 0.29) is 5.91 Å². The van der Waals surface area contributed by atoms with Crippen molar-refractivity contribution in [3.05, 3.63) is 35.0 Å². The minimum Gasteiger partial charge on any atom is -0.488 e. The number of carbonyl (C=O) groups excluding carboxylic acids is 1. The molecule has 4 rings (SSSR count). The summed E-state index contributed by atoms with van der Waals surface area (Å²) in [6.07, 6.45) is 6.50. The van der Waals surface area contributed by atoms with Crippen LogP contribution in [-0.4, -0.2) is 42.1 Å². The average molecular weight is 369 g/mol. The van der Waals surface area contributed by atoms with Crippen LogP contribution in [0.1, 0.15) is 53.7 Å². The molecule has 6 nitrogen and oxygen atoms in total. The van der Waals surface area contributed by atoms with Crippen molar-refractivity contribution in [2.75, 3.05) is 20.1 Å². The molecule has 1 fully saturated rings. The summed E-state index contributed by atoms with van der Waals surface area (Å²) < 4.78 is 11.3. The van der Waals surface area contributed by atoms with Crippen molar-refractivity contribution < 1.29 is 14.1 Å². The third-order valence-corrected chi connectivity index (χ3v) is 5.70. The highest BCUT2D eigenvalue weighted by Crippen LogP contribution is 2.39. The molecule has 2 aromatic rings. The maximum absolute atomic E-state index is 12.6. The number of fused-ring (bicyclic) bond motifs is 3. The highest BCUT2D eigenvalue weighted by molar-refractivity contribution is 5.95. The van der Waals surface area contributed by atoms with Crippen LogP contribution in [0.25, 0.3) is 11.3 Å². The summed E-state index contributed by atoms with van der Waals surface area (Å²) >= 11 is 0. The van der Waals surface area contributed by atoms with E-state index in [0.29, 0.717) is 30.6 Å². The first-order chi connectivity index (χ1) is 13.1. The zero-order chi connectivity index (χ0) is 18.8. The molecule has 6 heteroatoms. The van der Waals surface area contributed by atoms with Crippen LogP contribution in [0.3, 0.4) is 0 Å². The Balaban J connectivity index is 1.39. The number of likely N-dealkylation sites (N-methyl/N-ethyl adjacent to an activating group) is 1. The molecule has 1 aromatic heterocycles. The number of ether oxygens (including phenoxy) is 1. The van der Waals surface area contributed by atoms with Gasteiger partial charge in [-0.25, -0.2) is 0 Å². The molecule has 0 saturated heterocycles. The predicted octanol–water partition coefficient (Wildman–Crippen LogP) is 3.54. The summed E-state index contributed by atoms with van der Waals surface area (Å²) in [5, 5.41) is 7.02. The van der Waals surface area contributed by atoms with Gasteiger partial charge in [-0.05, 0) is 38.9 Å². The Morgan fingerprint density at radius 1 is 1.30 bits per heavy atom. The Morgan fingerprint density at radius 3 is 2.93 bits per heavy atom. The van der Waals surface area contributed by atoms with Gasteiger partial charge < -0.3 is 19.5 Å². The molecule has 0 bridgehead atoms. The third kappa shape index (κ3) is 3.72. The standard InChI is InChI=1S/C21H27N3O3/c1-14-8-9-18-16(12-14)20-17(13-26-18)19(23-27-20)21(25)22-10-11-24(2)15-6-4-3-5-7-15/h8-9,12,15H,3-7,10-11,13H2,1-2H3,(H,22,25). The van der Waals surface area contributed by atoms with Crippen LogP contribution in [-0.2, 0) is 6.61 Å². The summed E-state index contributed by atoms with van der Waals surface area (Å²) in [6, 6.07) is 6.57. The topological polar surface area (TPSA) is 67.6 Å². The molecule has 144 valence electrons. The molecule has 1 saturated carbocycles. The van der Waals surface area contributed by atoms with E-state index in [4.69, 9.17) is 9.26 Å². The number of amides is 1. The lowest BCUT2D eigenvalue weighted by atomic mass is 9.94. The zero-order valence-electron chi connectivity index (χ0n) is 16.1. The van der Waals surface area contributed by atoms with E-state index in [1.54, 1.807) is 0 Å². The van der Waals surface area contributed by atoms with Crippen LogP contribution in [0.2, 0.25) is 0 Å². The monoisotopic (exact) mass is 369 g/mol. The first-order valence-electron chi connectivity index (χ1n) is 9.84. The molecule has 27 heavy (non-hydrogen) atoms. The second-order valence-corrected chi connectivity index (χ2v) is 7.66. The molecular weight excluding hydrogens is 342 g/mol. The first-order valence-corrected chi connectivity index (χ1v) is 9.84. The second kappa shape index (κ2) is 7.72.